The summed E-state index contributed by atoms with van der Waals surface area (Å²) >= 11 is 6.07. The van der Waals surface area contributed by atoms with Crippen LogP contribution in [0.5, 0.6) is 0 Å². The molecule has 2 aromatic carbocycles. The lowest BCUT2D eigenvalue weighted by atomic mass is 9.52. The van der Waals surface area contributed by atoms with Gasteiger partial charge in [-0.25, -0.2) is 0 Å². The van der Waals surface area contributed by atoms with Crippen LogP contribution >= 0.6 is 11.6 Å². The number of piperidine rings is 1. The first kappa shape index (κ1) is 18.5. The van der Waals surface area contributed by atoms with Crippen LogP contribution in [0.4, 0.5) is 5.69 Å². The fourth-order valence-corrected chi connectivity index (χ4v) is 6.73. The topological polar surface area (TPSA) is 29.3 Å². The molecule has 2 aromatic rings. The lowest BCUT2D eigenvalue weighted by molar-refractivity contribution is -0.0616. The van der Waals surface area contributed by atoms with Crippen LogP contribution in [-0.2, 0) is 18.3 Å². The Bertz CT molecular complexity index is 877. The van der Waals surface area contributed by atoms with E-state index in [1.807, 2.05) is 12.1 Å². The van der Waals surface area contributed by atoms with E-state index in [4.69, 9.17) is 17.3 Å². The summed E-state index contributed by atoms with van der Waals surface area (Å²) in [4.78, 5) is 2.85. The van der Waals surface area contributed by atoms with Crippen LogP contribution in [0.15, 0.2) is 42.5 Å². The molecule has 5 atom stereocenters. The molecule has 28 heavy (non-hydrogen) atoms. The van der Waals surface area contributed by atoms with Crippen LogP contribution in [-0.4, -0.2) is 23.5 Å². The standard InChI is InChI=1S/C25H31ClN2/c1-16-18-9-11-25(2)22-15-21(27)8-5-19(22)14-24(23(25)13-18)28(16)12-10-17-3-6-20(26)7-4-17/h3-8,15-16,18,23-24H,9-14,27H2,1-2H3. The summed E-state index contributed by atoms with van der Waals surface area (Å²) in [6, 6.07) is 16.4. The van der Waals surface area contributed by atoms with Gasteiger partial charge in [0.25, 0.3) is 0 Å². The minimum absolute atomic E-state index is 0.281. The molecule has 148 valence electrons. The van der Waals surface area contributed by atoms with Crippen molar-refractivity contribution in [3.63, 3.8) is 0 Å². The molecule has 3 aliphatic rings. The van der Waals surface area contributed by atoms with Crippen molar-refractivity contribution in [1.29, 1.82) is 0 Å². The molecule has 2 bridgehead atoms. The van der Waals surface area contributed by atoms with Crippen molar-refractivity contribution in [3.05, 3.63) is 64.2 Å². The number of nitrogens with zero attached hydrogens (tertiary/aromatic N) is 1. The molecular formula is C25H31ClN2. The zero-order valence-electron chi connectivity index (χ0n) is 17.0. The fraction of sp³-hybridized carbons (Fsp3) is 0.520. The zero-order valence-corrected chi connectivity index (χ0v) is 17.8. The number of hydrogen-bond donors (Lipinski definition) is 1. The third-order valence-corrected chi connectivity index (χ3v) is 8.51. The number of nitrogens with two attached hydrogens (primary N) is 1. The normalized spacial score (nSPS) is 34.1. The summed E-state index contributed by atoms with van der Waals surface area (Å²) in [7, 11) is 0. The number of halogens is 1. The molecule has 0 amide bonds. The number of likely N-dealkylation sites (tertiary alicyclic amines) is 1. The summed E-state index contributed by atoms with van der Waals surface area (Å²) in [6.45, 7) is 6.14. The molecule has 1 saturated carbocycles. The number of benzene rings is 2. The molecule has 2 aliphatic carbocycles. The third kappa shape index (κ3) is 2.88. The molecule has 2 fully saturated rings. The van der Waals surface area contributed by atoms with Crippen LogP contribution in [0.3, 0.4) is 0 Å². The van der Waals surface area contributed by atoms with Crippen molar-refractivity contribution in [3.8, 4) is 0 Å². The molecule has 2 nitrogen and oxygen atoms in total. The summed E-state index contributed by atoms with van der Waals surface area (Å²) < 4.78 is 0. The number of hydrogen-bond acceptors (Lipinski definition) is 2. The number of nitrogen functional groups attached to an aromatic ring is 1. The predicted octanol–water partition coefficient (Wildman–Crippen LogP) is 5.47. The second-order valence-electron chi connectivity index (χ2n) is 9.60. The van der Waals surface area contributed by atoms with Crippen LogP contribution in [0.1, 0.15) is 49.8 Å². The second kappa shape index (κ2) is 6.78. The van der Waals surface area contributed by atoms with Crippen molar-refractivity contribution >= 4 is 17.3 Å². The van der Waals surface area contributed by atoms with Gasteiger partial charge in [0.2, 0.25) is 0 Å². The minimum Gasteiger partial charge on any atom is -0.399 e. The highest BCUT2D eigenvalue weighted by molar-refractivity contribution is 6.30. The van der Waals surface area contributed by atoms with Gasteiger partial charge in [-0.15, -0.1) is 0 Å². The second-order valence-corrected chi connectivity index (χ2v) is 10.0. The molecule has 1 saturated heterocycles. The maximum absolute atomic E-state index is 6.19. The summed E-state index contributed by atoms with van der Waals surface area (Å²) in [6.07, 6.45) is 6.31. The molecule has 3 heteroatoms. The molecule has 0 aromatic heterocycles. The molecule has 1 aliphatic heterocycles. The van der Waals surface area contributed by atoms with E-state index in [1.54, 1.807) is 5.56 Å². The molecule has 5 rings (SSSR count). The van der Waals surface area contributed by atoms with Crippen LogP contribution in [0, 0.1) is 11.8 Å². The SMILES string of the molecule is CC1C2CCC3(C)c4cc(N)ccc4CC(C3C2)N1CCc1ccc(Cl)cc1. The quantitative estimate of drug-likeness (QED) is 0.699. The molecule has 0 radical (unpaired) electrons. The Morgan fingerprint density at radius 1 is 1.18 bits per heavy atom. The van der Waals surface area contributed by atoms with Crippen molar-refractivity contribution in [2.45, 2.75) is 63.5 Å². The Balaban J connectivity index is 1.47. The Kier molecular flexibility index (Phi) is 4.48. The van der Waals surface area contributed by atoms with Gasteiger partial charge in [-0.3, -0.25) is 4.90 Å². The molecule has 0 spiro atoms. The monoisotopic (exact) mass is 394 g/mol. The van der Waals surface area contributed by atoms with Crippen molar-refractivity contribution in [2.24, 2.45) is 11.8 Å². The van der Waals surface area contributed by atoms with Gasteiger partial charge in [-0.1, -0.05) is 36.7 Å². The lowest BCUT2D eigenvalue weighted by Gasteiger charge is -2.61. The maximum Gasteiger partial charge on any atom is 0.0406 e. The average Bonchev–Trinajstić information content (AvgIpc) is 2.69. The first-order valence-corrected chi connectivity index (χ1v) is 11.2. The average molecular weight is 395 g/mol. The van der Waals surface area contributed by atoms with Crippen molar-refractivity contribution < 1.29 is 0 Å². The summed E-state index contributed by atoms with van der Waals surface area (Å²) in [5.41, 5.74) is 11.9. The van der Waals surface area contributed by atoms with E-state index in [1.165, 1.54) is 36.8 Å². The lowest BCUT2D eigenvalue weighted by Crippen LogP contribution is -2.63. The summed E-state index contributed by atoms with van der Waals surface area (Å²) in [5, 5.41) is 0.823. The van der Waals surface area contributed by atoms with E-state index < -0.39 is 0 Å². The van der Waals surface area contributed by atoms with E-state index in [0.717, 1.165) is 35.5 Å². The van der Waals surface area contributed by atoms with Gasteiger partial charge >= 0.3 is 0 Å². The molecule has 2 N–H and O–H groups in total. The maximum atomic E-state index is 6.19. The molecule has 5 unspecified atom stereocenters. The Hall–Kier alpha value is -1.51. The van der Waals surface area contributed by atoms with E-state index in [2.05, 4.69) is 49.1 Å². The summed E-state index contributed by atoms with van der Waals surface area (Å²) in [5.74, 6) is 1.59. The van der Waals surface area contributed by atoms with Crippen molar-refractivity contribution in [2.75, 3.05) is 12.3 Å². The van der Waals surface area contributed by atoms with Crippen molar-refractivity contribution in [1.82, 2.24) is 4.90 Å². The fourth-order valence-electron chi connectivity index (χ4n) is 6.60. The molecule has 1 heterocycles. The van der Waals surface area contributed by atoms with Gasteiger partial charge in [-0.05, 0) is 97.2 Å². The Labute approximate surface area is 174 Å². The number of rotatable bonds is 3. The smallest absolute Gasteiger partial charge is 0.0406 e. The van der Waals surface area contributed by atoms with Crippen LogP contribution < -0.4 is 5.73 Å². The highest BCUT2D eigenvalue weighted by atomic mass is 35.5. The first-order valence-electron chi connectivity index (χ1n) is 10.8. The van der Waals surface area contributed by atoms with Gasteiger partial charge in [-0.2, -0.15) is 0 Å². The first-order chi connectivity index (χ1) is 13.5. The van der Waals surface area contributed by atoms with Crippen LogP contribution in [0.25, 0.3) is 0 Å². The number of anilines is 1. The minimum atomic E-state index is 0.281. The third-order valence-electron chi connectivity index (χ3n) is 8.26. The van der Waals surface area contributed by atoms with Gasteiger partial charge in [0, 0.05) is 29.3 Å². The van der Waals surface area contributed by atoms with Gasteiger partial charge < -0.3 is 5.73 Å². The van der Waals surface area contributed by atoms with Gasteiger partial charge in [0.1, 0.15) is 0 Å². The zero-order chi connectivity index (χ0) is 19.5. The highest BCUT2D eigenvalue weighted by Gasteiger charge is 2.54. The van der Waals surface area contributed by atoms with E-state index in [0.29, 0.717) is 12.1 Å². The van der Waals surface area contributed by atoms with Crippen LogP contribution in [0.2, 0.25) is 5.02 Å². The van der Waals surface area contributed by atoms with Gasteiger partial charge in [0.15, 0.2) is 0 Å². The van der Waals surface area contributed by atoms with Gasteiger partial charge in [0.05, 0.1) is 0 Å². The Morgan fingerprint density at radius 2 is 1.96 bits per heavy atom. The number of fused-ring (bicyclic) bond motifs is 3. The van der Waals surface area contributed by atoms with E-state index in [9.17, 15) is 0 Å². The molecular weight excluding hydrogens is 364 g/mol. The highest BCUT2D eigenvalue weighted by Crippen LogP contribution is 2.56. The van der Waals surface area contributed by atoms with E-state index >= 15 is 0 Å². The predicted molar refractivity (Wildman–Crippen MR) is 118 cm³/mol. The Morgan fingerprint density at radius 3 is 2.75 bits per heavy atom. The largest absolute Gasteiger partial charge is 0.399 e. The van der Waals surface area contributed by atoms with E-state index in [-0.39, 0.29) is 5.41 Å².